The predicted octanol–water partition coefficient (Wildman–Crippen LogP) is 0.777. The molecule has 2 atom stereocenters. The standard InChI is InChI=1S/C21H21N3O5S/c25-19(22-15-10-11-30(28,29)13-15)18(12-14-6-2-1-3-7-14)24-20(26)16-8-4-5-9-17(16)23-21(24)27/h1-9,15,18H,10-13H2,(H,22,25)(H,23,27)/t15-,18+/m1/s1. The van der Waals surface area contributed by atoms with Crippen molar-refractivity contribution in [2.75, 3.05) is 11.5 Å². The quantitative estimate of drug-likeness (QED) is 0.624. The average molecular weight is 427 g/mol. The van der Waals surface area contributed by atoms with E-state index in [1.807, 2.05) is 6.07 Å². The Kier molecular flexibility index (Phi) is 5.29. The van der Waals surface area contributed by atoms with E-state index in [-0.39, 0.29) is 17.9 Å². The van der Waals surface area contributed by atoms with Crippen LogP contribution >= 0.6 is 0 Å². The van der Waals surface area contributed by atoms with Gasteiger partial charge in [0.15, 0.2) is 9.84 Å². The van der Waals surface area contributed by atoms with Crippen LogP contribution < -0.4 is 16.6 Å². The molecule has 0 aliphatic carbocycles. The Labute approximate surface area is 172 Å². The Morgan fingerprint density at radius 3 is 2.50 bits per heavy atom. The molecule has 0 spiro atoms. The molecule has 1 aliphatic heterocycles. The number of nitrogens with one attached hydrogen (secondary N) is 2. The number of aromatic nitrogens is 2. The largest absolute Gasteiger partial charge is 0.350 e. The molecule has 1 amide bonds. The molecule has 4 rings (SSSR count). The average Bonchev–Trinajstić information content (AvgIpc) is 3.06. The molecule has 2 N–H and O–H groups in total. The highest BCUT2D eigenvalue weighted by molar-refractivity contribution is 7.91. The minimum Gasteiger partial charge on any atom is -0.350 e. The van der Waals surface area contributed by atoms with E-state index < -0.39 is 39.1 Å². The number of carbonyl (C=O) groups is 1. The van der Waals surface area contributed by atoms with Crippen molar-refractivity contribution < 1.29 is 13.2 Å². The molecule has 1 aromatic heterocycles. The third-order valence-corrected chi connectivity index (χ3v) is 7.07. The van der Waals surface area contributed by atoms with Gasteiger partial charge in [0, 0.05) is 12.5 Å². The second-order valence-electron chi connectivity index (χ2n) is 7.46. The number of para-hydroxylation sites is 1. The summed E-state index contributed by atoms with van der Waals surface area (Å²) in [5.74, 6) is -0.679. The van der Waals surface area contributed by atoms with Crippen LogP contribution in [-0.2, 0) is 21.1 Å². The fraction of sp³-hybridized carbons (Fsp3) is 0.286. The third-order valence-electron chi connectivity index (χ3n) is 5.30. The fourth-order valence-corrected chi connectivity index (χ4v) is 5.48. The second kappa shape index (κ2) is 7.91. The topological polar surface area (TPSA) is 118 Å². The third kappa shape index (κ3) is 4.06. The van der Waals surface area contributed by atoms with Crippen LogP contribution in [-0.4, -0.2) is 41.4 Å². The van der Waals surface area contributed by atoms with Crippen LogP contribution in [0.25, 0.3) is 10.9 Å². The summed E-state index contributed by atoms with van der Waals surface area (Å²) in [5, 5.41) is 3.02. The second-order valence-corrected chi connectivity index (χ2v) is 9.69. The lowest BCUT2D eigenvalue weighted by atomic mass is 10.0. The van der Waals surface area contributed by atoms with Crippen LogP contribution in [0.5, 0.6) is 0 Å². The first-order valence-electron chi connectivity index (χ1n) is 9.62. The summed E-state index contributed by atoms with van der Waals surface area (Å²) in [7, 11) is -3.19. The van der Waals surface area contributed by atoms with Gasteiger partial charge in [-0.2, -0.15) is 0 Å². The van der Waals surface area contributed by atoms with Crippen molar-refractivity contribution in [2.45, 2.75) is 24.9 Å². The van der Waals surface area contributed by atoms with Crippen LogP contribution in [0, 0.1) is 0 Å². The van der Waals surface area contributed by atoms with Gasteiger partial charge >= 0.3 is 5.69 Å². The van der Waals surface area contributed by atoms with Gasteiger partial charge in [0.05, 0.1) is 22.4 Å². The van der Waals surface area contributed by atoms with E-state index in [1.165, 1.54) is 0 Å². The molecular formula is C21H21N3O5S. The zero-order valence-corrected chi connectivity index (χ0v) is 16.9. The number of hydrogen-bond donors (Lipinski definition) is 2. The molecule has 0 radical (unpaired) electrons. The number of rotatable bonds is 5. The molecule has 8 nitrogen and oxygen atoms in total. The van der Waals surface area contributed by atoms with E-state index in [9.17, 15) is 22.8 Å². The first kappa shape index (κ1) is 20.1. The maximum atomic E-state index is 13.1. The summed E-state index contributed by atoms with van der Waals surface area (Å²) in [6, 6.07) is 14.0. The van der Waals surface area contributed by atoms with Crippen molar-refractivity contribution in [3.05, 3.63) is 81.0 Å². The van der Waals surface area contributed by atoms with Crippen LogP contribution in [0.2, 0.25) is 0 Å². The lowest BCUT2D eigenvalue weighted by molar-refractivity contribution is -0.125. The van der Waals surface area contributed by atoms with E-state index >= 15 is 0 Å². The fourth-order valence-electron chi connectivity index (χ4n) is 3.80. The predicted molar refractivity (Wildman–Crippen MR) is 113 cm³/mol. The molecule has 0 saturated carbocycles. The van der Waals surface area contributed by atoms with Gasteiger partial charge in [0.25, 0.3) is 5.56 Å². The first-order chi connectivity index (χ1) is 14.3. The van der Waals surface area contributed by atoms with Crippen LogP contribution in [0.1, 0.15) is 18.0 Å². The van der Waals surface area contributed by atoms with E-state index in [2.05, 4.69) is 10.3 Å². The zero-order chi connectivity index (χ0) is 21.3. The lowest BCUT2D eigenvalue weighted by Gasteiger charge is -2.21. The highest BCUT2D eigenvalue weighted by atomic mass is 32.2. The molecule has 0 unspecified atom stereocenters. The summed E-state index contributed by atoms with van der Waals surface area (Å²) in [6.07, 6.45) is 0.433. The molecule has 2 aromatic carbocycles. The van der Waals surface area contributed by atoms with Crippen LogP contribution in [0.4, 0.5) is 0 Å². The smallest absolute Gasteiger partial charge is 0.329 e. The molecule has 2 heterocycles. The van der Waals surface area contributed by atoms with E-state index in [1.54, 1.807) is 48.5 Å². The molecule has 30 heavy (non-hydrogen) atoms. The van der Waals surface area contributed by atoms with Gasteiger partial charge in [0.1, 0.15) is 6.04 Å². The summed E-state index contributed by atoms with van der Waals surface area (Å²) in [6.45, 7) is 0. The van der Waals surface area contributed by atoms with Gasteiger partial charge in [-0.25, -0.2) is 17.8 Å². The Hall–Kier alpha value is -3.20. The van der Waals surface area contributed by atoms with Crippen LogP contribution in [0.3, 0.4) is 0 Å². The highest BCUT2D eigenvalue weighted by Gasteiger charge is 2.32. The molecule has 1 saturated heterocycles. The Morgan fingerprint density at radius 2 is 1.80 bits per heavy atom. The molecule has 0 bridgehead atoms. The maximum Gasteiger partial charge on any atom is 0.329 e. The Balaban J connectivity index is 1.76. The van der Waals surface area contributed by atoms with Crippen molar-refractivity contribution >= 4 is 26.6 Å². The van der Waals surface area contributed by atoms with Crippen molar-refractivity contribution in [3.63, 3.8) is 0 Å². The van der Waals surface area contributed by atoms with Gasteiger partial charge in [-0.05, 0) is 24.1 Å². The van der Waals surface area contributed by atoms with E-state index in [0.717, 1.165) is 10.1 Å². The number of aromatic amines is 1. The molecule has 3 aromatic rings. The van der Waals surface area contributed by atoms with Gasteiger partial charge in [0.2, 0.25) is 5.91 Å². The summed E-state index contributed by atoms with van der Waals surface area (Å²) in [5.41, 5.74) is -0.0843. The number of benzene rings is 2. The summed E-state index contributed by atoms with van der Waals surface area (Å²) >= 11 is 0. The molecule has 1 aliphatic rings. The summed E-state index contributed by atoms with van der Waals surface area (Å²) < 4.78 is 24.4. The van der Waals surface area contributed by atoms with Crippen LogP contribution in [0.15, 0.2) is 64.2 Å². The van der Waals surface area contributed by atoms with Crippen molar-refractivity contribution in [3.8, 4) is 0 Å². The van der Waals surface area contributed by atoms with Crippen molar-refractivity contribution in [2.24, 2.45) is 0 Å². The Bertz CT molecular complexity index is 1310. The Morgan fingerprint density at radius 1 is 1.10 bits per heavy atom. The molecule has 9 heteroatoms. The molecule has 156 valence electrons. The monoisotopic (exact) mass is 427 g/mol. The molecule has 1 fully saturated rings. The minimum atomic E-state index is -3.19. The van der Waals surface area contributed by atoms with Crippen molar-refractivity contribution in [1.82, 2.24) is 14.9 Å². The summed E-state index contributed by atoms with van der Waals surface area (Å²) in [4.78, 5) is 41.7. The maximum absolute atomic E-state index is 13.1. The lowest BCUT2D eigenvalue weighted by Crippen LogP contribution is -2.48. The van der Waals surface area contributed by atoms with E-state index in [0.29, 0.717) is 17.3 Å². The normalized spacial score (nSPS) is 18.9. The van der Waals surface area contributed by atoms with Gasteiger partial charge in [-0.1, -0.05) is 42.5 Å². The number of carbonyl (C=O) groups excluding carboxylic acids is 1. The minimum absolute atomic E-state index is 0.0117. The number of sulfone groups is 1. The zero-order valence-electron chi connectivity index (χ0n) is 16.1. The van der Waals surface area contributed by atoms with Gasteiger partial charge in [-0.15, -0.1) is 0 Å². The number of H-pyrrole nitrogens is 1. The number of amides is 1. The number of hydrogen-bond acceptors (Lipinski definition) is 5. The van der Waals surface area contributed by atoms with Crippen molar-refractivity contribution in [1.29, 1.82) is 0 Å². The number of fused-ring (bicyclic) bond motifs is 1. The first-order valence-corrected chi connectivity index (χ1v) is 11.4. The highest BCUT2D eigenvalue weighted by Crippen LogP contribution is 2.16. The molecular weight excluding hydrogens is 406 g/mol. The van der Waals surface area contributed by atoms with Gasteiger partial charge < -0.3 is 10.3 Å². The SMILES string of the molecule is O=C(N[C@@H]1CCS(=O)(=O)C1)[C@H](Cc1ccccc1)n1c(=O)[nH]c2ccccc2c1=O. The van der Waals surface area contributed by atoms with E-state index in [4.69, 9.17) is 0 Å². The number of nitrogens with zero attached hydrogens (tertiary/aromatic N) is 1. The van der Waals surface area contributed by atoms with Gasteiger partial charge in [-0.3, -0.25) is 9.59 Å².